The Hall–Kier alpha value is -1.36. The molecular formula is C12H18N2O3. The maximum atomic E-state index is 11.8. The molecule has 0 spiro atoms. The number of aryl methyl sites for hydroxylation is 1. The zero-order valence-corrected chi connectivity index (χ0v) is 9.98. The first-order valence-corrected chi connectivity index (χ1v) is 6.06. The van der Waals surface area contributed by atoms with Gasteiger partial charge in [-0.1, -0.05) is 6.42 Å². The molecule has 1 aromatic rings. The van der Waals surface area contributed by atoms with E-state index in [2.05, 4.69) is 4.98 Å². The first kappa shape index (κ1) is 12.1. The van der Waals surface area contributed by atoms with E-state index in [1.165, 1.54) is 0 Å². The van der Waals surface area contributed by atoms with E-state index in [1.807, 2.05) is 0 Å². The number of nitrogens with one attached hydrogen (secondary N) is 1. The third-order valence-electron chi connectivity index (χ3n) is 3.62. The summed E-state index contributed by atoms with van der Waals surface area (Å²) in [5, 5.41) is 9.01. The van der Waals surface area contributed by atoms with Gasteiger partial charge >= 0.3 is 5.69 Å². The average Bonchev–Trinajstić information content (AvgIpc) is 2.72. The molecule has 2 N–H and O–H groups in total. The van der Waals surface area contributed by atoms with Gasteiger partial charge in [0.05, 0.1) is 0 Å². The lowest BCUT2D eigenvalue weighted by Gasteiger charge is -2.21. The molecule has 2 atom stereocenters. The van der Waals surface area contributed by atoms with Crippen molar-refractivity contribution in [3.8, 4) is 0 Å². The minimum atomic E-state index is -0.338. The molecule has 5 heteroatoms. The summed E-state index contributed by atoms with van der Waals surface area (Å²) in [4.78, 5) is 25.4. The van der Waals surface area contributed by atoms with Gasteiger partial charge in [-0.05, 0) is 32.1 Å². The zero-order chi connectivity index (χ0) is 12.4. The molecule has 0 radical (unpaired) electrons. The Morgan fingerprint density at radius 3 is 2.94 bits per heavy atom. The van der Waals surface area contributed by atoms with E-state index in [4.69, 9.17) is 5.11 Å². The number of hydrogen-bond acceptors (Lipinski definition) is 3. The van der Waals surface area contributed by atoms with Gasteiger partial charge in [-0.15, -0.1) is 0 Å². The van der Waals surface area contributed by atoms with Crippen LogP contribution in [-0.2, 0) is 0 Å². The fraction of sp³-hybridized carbons (Fsp3) is 0.667. The number of rotatable bonds is 3. The van der Waals surface area contributed by atoms with Crippen molar-refractivity contribution in [1.82, 2.24) is 9.55 Å². The highest BCUT2D eigenvalue weighted by Crippen LogP contribution is 2.36. The lowest BCUT2D eigenvalue weighted by molar-refractivity contribution is 0.232. The molecule has 1 aromatic heterocycles. The number of aromatic nitrogens is 2. The van der Waals surface area contributed by atoms with Crippen LogP contribution in [0, 0.1) is 12.8 Å². The highest BCUT2D eigenvalue weighted by Gasteiger charge is 2.29. The second-order valence-corrected chi connectivity index (χ2v) is 4.75. The van der Waals surface area contributed by atoms with Crippen LogP contribution in [-0.4, -0.2) is 21.3 Å². The predicted octanol–water partition coefficient (Wildman–Crippen LogP) is 0.569. The Kier molecular flexibility index (Phi) is 3.47. The van der Waals surface area contributed by atoms with Gasteiger partial charge in [0.1, 0.15) is 0 Å². The highest BCUT2D eigenvalue weighted by atomic mass is 16.3. The number of aromatic amines is 1. The van der Waals surface area contributed by atoms with E-state index in [-0.39, 0.29) is 23.9 Å². The molecule has 0 aliphatic heterocycles. The Labute approximate surface area is 99.1 Å². The van der Waals surface area contributed by atoms with Crippen LogP contribution in [0.1, 0.15) is 37.3 Å². The molecule has 0 saturated heterocycles. The lowest BCUT2D eigenvalue weighted by Crippen LogP contribution is -2.34. The summed E-state index contributed by atoms with van der Waals surface area (Å²) in [5.74, 6) is 0.336. The third kappa shape index (κ3) is 2.34. The second-order valence-electron chi connectivity index (χ2n) is 4.75. The maximum absolute atomic E-state index is 11.8. The molecule has 94 valence electrons. The SMILES string of the molecule is Cc1cn([C@@H]2CCC[C@H]2CCO)c(=O)[nH]c1=O. The number of aliphatic hydroxyl groups excluding tert-OH is 1. The summed E-state index contributed by atoms with van der Waals surface area (Å²) in [7, 11) is 0. The first-order valence-electron chi connectivity index (χ1n) is 6.06. The van der Waals surface area contributed by atoms with E-state index in [1.54, 1.807) is 17.7 Å². The summed E-state index contributed by atoms with van der Waals surface area (Å²) >= 11 is 0. The topological polar surface area (TPSA) is 75.1 Å². The lowest BCUT2D eigenvalue weighted by atomic mass is 10.00. The molecule has 17 heavy (non-hydrogen) atoms. The largest absolute Gasteiger partial charge is 0.396 e. The quantitative estimate of drug-likeness (QED) is 0.808. The molecule has 1 heterocycles. The molecule has 1 fully saturated rings. The van der Waals surface area contributed by atoms with Crippen LogP contribution in [0.4, 0.5) is 0 Å². The third-order valence-corrected chi connectivity index (χ3v) is 3.62. The van der Waals surface area contributed by atoms with Crippen LogP contribution in [0.15, 0.2) is 15.8 Å². The molecule has 0 bridgehead atoms. The molecule has 0 unspecified atom stereocenters. The summed E-state index contributed by atoms with van der Waals surface area (Å²) < 4.78 is 1.63. The molecule has 2 rings (SSSR count). The molecule has 1 aliphatic carbocycles. The molecule has 5 nitrogen and oxygen atoms in total. The summed E-state index contributed by atoms with van der Waals surface area (Å²) in [5.41, 5.74) is -0.0994. The van der Waals surface area contributed by atoms with Gasteiger partial charge in [0, 0.05) is 24.4 Å². The smallest absolute Gasteiger partial charge is 0.328 e. The van der Waals surface area contributed by atoms with Crippen molar-refractivity contribution in [3.05, 3.63) is 32.6 Å². The Morgan fingerprint density at radius 2 is 2.24 bits per heavy atom. The first-order chi connectivity index (χ1) is 8.13. The van der Waals surface area contributed by atoms with Crippen molar-refractivity contribution >= 4 is 0 Å². The molecule has 1 aliphatic rings. The summed E-state index contributed by atoms with van der Waals surface area (Å²) in [6.45, 7) is 1.85. The van der Waals surface area contributed by atoms with E-state index in [0.29, 0.717) is 11.5 Å². The maximum Gasteiger partial charge on any atom is 0.328 e. The van der Waals surface area contributed by atoms with Gasteiger partial charge < -0.3 is 5.11 Å². The van der Waals surface area contributed by atoms with Crippen LogP contribution in [0.25, 0.3) is 0 Å². The van der Waals surface area contributed by atoms with Crippen LogP contribution in [0.5, 0.6) is 0 Å². The van der Waals surface area contributed by atoms with Crippen molar-refractivity contribution in [2.75, 3.05) is 6.61 Å². The van der Waals surface area contributed by atoms with Gasteiger partial charge in [0.15, 0.2) is 0 Å². The number of nitrogens with zero attached hydrogens (tertiary/aromatic N) is 1. The Morgan fingerprint density at radius 1 is 1.47 bits per heavy atom. The van der Waals surface area contributed by atoms with Crippen LogP contribution < -0.4 is 11.2 Å². The van der Waals surface area contributed by atoms with Crippen molar-refractivity contribution < 1.29 is 5.11 Å². The number of H-pyrrole nitrogens is 1. The fourth-order valence-corrected chi connectivity index (χ4v) is 2.72. The van der Waals surface area contributed by atoms with Crippen LogP contribution in [0.3, 0.4) is 0 Å². The highest BCUT2D eigenvalue weighted by molar-refractivity contribution is 5.02. The van der Waals surface area contributed by atoms with Gasteiger partial charge in [-0.3, -0.25) is 14.3 Å². The Balaban J connectivity index is 2.36. The van der Waals surface area contributed by atoms with Gasteiger partial charge in [0.2, 0.25) is 0 Å². The molecule has 0 aromatic carbocycles. The van der Waals surface area contributed by atoms with E-state index < -0.39 is 0 Å². The van der Waals surface area contributed by atoms with Gasteiger partial charge in [0.25, 0.3) is 5.56 Å². The van der Waals surface area contributed by atoms with Gasteiger partial charge in [-0.25, -0.2) is 4.79 Å². The standard InChI is InChI=1S/C12H18N2O3/c1-8-7-14(12(17)13-11(8)16)10-4-2-3-9(10)5-6-15/h7,9-10,15H,2-6H2,1H3,(H,13,16,17)/t9-,10+/m0/s1. The predicted molar refractivity (Wildman–Crippen MR) is 64.1 cm³/mol. The fourth-order valence-electron chi connectivity index (χ4n) is 2.72. The molecule has 0 amide bonds. The summed E-state index contributed by atoms with van der Waals surface area (Å²) in [6.07, 6.45) is 5.41. The zero-order valence-electron chi connectivity index (χ0n) is 9.98. The van der Waals surface area contributed by atoms with Crippen LogP contribution >= 0.6 is 0 Å². The van der Waals surface area contributed by atoms with E-state index in [9.17, 15) is 9.59 Å². The summed E-state index contributed by atoms with van der Waals surface area (Å²) in [6, 6.07) is 0.116. The minimum Gasteiger partial charge on any atom is -0.396 e. The molecule has 1 saturated carbocycles. The average molecular weight is 238 g/mol. The minimum absolute atomic E-state index is 0.116. The van der Waals surface area contributed by atoms with Crippen LogP contribution in [0.2, 0.25) is 0 Å². The van der Waals surface area contributed by atoms with Crippen molar-refractivity contribution in [3.63, 3.8) is 0 Å². The molecular weight excluding hydrogens is 220 g/mol. The van der Waals surface area contributed by atoms with Crippen molar-refractivity contribution in [2.45, 2.75) is 38.6 Å². The van der Waals surface area contributed by atoms with Crippen molar-refractivity contribution in [1.29, 1.82) is 0 Å². The number of aliphatic hydroxyl groups is 1. The second kappa shape index (κ2) is 4.87. The van der Waals surface area contributed by atoms with Crippen molar-refractivity contribution in [2.24, 2.45) is 5.92 Å². The normalized spacial score (nSPS) is 24.1. The van der Waals surface area contributed by atoms with E-state index in [0.717, 1.165) is 25.7 Å². The Bertz CT molecular complexity index is 503. The van der Waals surface area contributed by atoms with Gasteiger partial charge in [-0.2, -0.15) is 0 Å². The number of hydrogen-bond donors (Lipinski definition) is 2. The monoisotopic (exact) mass is 238 g/mol. The van der Waals surface area contributed by atoms with E-state index >= 15 is 0 Å².